The van der Waals surface area contributed by atoms with Crippen molar-refractivity contribution in [3.63, 3.8) is 0 Å². The zero-order valence-corrected chi connectivity index (χ0v) is 17.7. The number of pyridine rings is 1. The topological polar surface area (TPSA) is 59.0 Å². The lowest BCUT2D eigenvalue weighted by Crippen LogP contribution is -2.41. The van der Waals surface area contributed by atoms with E-state index in [1.807, 2.05) is 18.3 Å². The summed E-state index contributed by atoms with van der Waals surface area (Å²) >= 11 is 0. The summed E-state index contributed by atoms with van der Waals surface area (Å²) in [6.45, 7) is 8.61. The van der Waals surface area contributed by atoms with Crippen molar-refractivity contribution >= 4 is 5.96 Å². The molecule has 3 rings (SSSR count). The first-order valence-corrected chi connectivity index (χ1v) is 10.8. The Morgan fingerprint density at radius 1 is 1.32 bits per heavy atom. The second-order valence-electron chi connectivity index (χ2n) is 8.28. The van der Waals surface area contributed by atoms with Crippen LogP contribution >= 0.6 is 0 Å². The summed E-state index contributed by atoms with van der Waals surface area (Å²) in [6.07, 6.45) is 8.03. The van der Waals surface area contributed by atoms with Gasteiger partial charge in [0.2, 0.25) is 5.88 Å². The van der Waals surface area contributed by atoms with Gasteiger partial charge in [0, 0.05) is 44.9 Å². The van der Waals surface area contributed by atoms with E-state index in [0.29, 0.717) is 18.6 Å². The lowest BCUT2D eigenvalue weighted by molar-refractivity contribution is 0.130. The van der Waals surface area contributed by atoms with Crippen LogP contribution in [0.1, 0.15) is 51.5 Å². The van der Waals surface area contributed by atoms with Crippen molar-refractivity contribution in [2.75, 3.05) is 33.4 Å². The molecule has 156 valence electrons. The molecule has 0 amide bonds. The Morgan fingerprint density at radius 2 is 2.14 bits per heavy atom. The molecule has 2 aliphatic rings. The highest BCUT2D eigenvalue weighted by Crippen LogP contribution is 2.26. The summed E-state index contributed by atoms with van der Waals surface area (Å²) in [6, 6.07) is 4.06. The standard InChI is InChI=1S/C22H36N4O2/c1-4-23-22(26(3)15-19-10-12-27-16-19)25-14-18-9-11-24-21(13-18)28-20-7-5-17(2)6-8-20/h9,11,13,17,19-20H,4-8,10,12,14-16H2,1-3H3,(H,23,25). The Balaban J connectivity index is 1.57. The van der Waals surface area contributed by atoms with Crippen LogP contribution in [-0.2, 0) is 11.3 Å². The molecule has 1 atom stereocenters. The lowest BCUT2D eigenvalue weighted by atomic mass is 9.89. The molecule has 28 heavy (non-hydrogen) atoms. The van der Waals surface area contributed by atoms with Gasteiger partial charge in [-0.1, -0.05) is 6.92 Å². The molecule has 6 nitrogen and oxygen atoms in total. The fourth-order valence-electron chi connectivity index (χ4n) is 3.97. The Labute approximate surface area is 169 Å². The van der Waals surface area contributed by atoms with Crippen LogP contribution in [0.5, 0.6) is 5.88 Å². The zero-order valence-electron chi connectivity index (χ0n) is 17.7. The molecular formula is C22H36N4O2. The number of hydrogen-bond acceptors (Lipinski definition) is 4. The molecule has 1 aromatic rings. The monoisotopic (exact) mass is 388 g/mol. The second kappa shape index (κ2) is 10.6. The molecule has 0 bridgehead atoms. The van der Waals surface area contributed by atoms with Crippen molar-refractivity contribution in [3.05, 3.63) is 23.9 Å². The molecule has 6 heteroatoms. The van der Waals surface area contributed by atoms with Crippen LogP contribution in [0, 0.1) is 11.8 Å². The molecule has 0 radical (unpaired) electrons. The number of ether oxygens (including phenoxy) is 2. The van der Waals surface area contributed by atoms with Crippen LogP contribution in [0.25, 0.3) is 0 Å². The summed E-state index contributed by atoms with van der Waals surface area (Å²) in [5, 5.41) is 3.40. The first-order chi connectivity index (χ1) is 13.6. The van der Waals surface area contributed by atoms with E-state index in [2.05, 4.69) is 36.1 Å². The predicted octanol–water partition coefficient (Wildman–Crippen LogP) is 3.47. The van der Waals surface area contributed by atoms with Crippen LogP contribution in [0.15, 0.2) is 23.3 Å². The van der Waals surface area contributed by atoms with E-state index in [9.17, 15) is 0 Å². The maximum atomic E-state index is 6.14. The van der Waals surface area contributed by atoms with Crippen molar-refractivity contribution in [2.24, 2.45) is 16.8 Å². The van der Waals surface area contributed by atoms with Gasteiger partial charge in [0.05, 0.1) is 13.2 Å². The molecule has 1 saturated carbocycles. The smallest absolute Gasteiger partial charge is 0.213 e. The van der Waals surface area contributed by atoms with Gasteiger partial charge in [-0.25, -0.2) is 9.98 Å². The maximum Gasteiger partial charge on any atom is 0.213 e. The molecule has 2 fully saturated rings. The van der Waals surface area contributed by atoms with Crippen molar-refractivity contribution in [3.8, 4) is 5.88 Å². The quantitative estimate of drug-likeness (QED) is 0.572. The highest BCUT2D eigenvalue weighted by Gasteiger charge is 2.20. The molecule has 1 unspecified atom stereocenters. The van der Waals surface area contributed by atoms with Gasteiger partial charge in [0.25, 0.3) is 0 Å². The van der Waals surface area contributed by atoms with Gasteiger partial charge >= 0.3 is 0 Å². The van der Waals surface area contributed by atoms with Crippen molar-refractivity contribution in [1.29, 1.82) is 0 Å². The third-order valence-electron chi connectivity index (χ3n) is 5.71. The average Bonchev–Trinajstić information content (AvgIpc) is 3.20. The van der Waals surface area contributed by atoms with Crippen LogP contribution < -0.4 is 10.1 Å². The van der Waals surface area contributed by atoms with Gasteiger partial charge in [-0.15, -0.1) is 0 Å². The minimum atomic E-state index is 0.305. The Bertz CT molecular complexity index is 623. The third kappa shape index (κ3) is 6.36. The molecule has 1 N–H and O–H groups in total. The minimum Gasteiger partial charge on any atom is -0.474 e. The molecule has 0 spiro atoms. The van der Waals surface area contributed by atoms with Crippen LogP contribution in [-0.4, -0.2) is 55.3 Å². The summed E-state index contributed by atoms with van der Waals surface area (Å²) in [5.41, 5.74) is 1.13. The van der Waals surface area contributed by atoms with E-state index >= 15 is 0 Å². The molecule has 1 aliphatic heterocycles. The Kier molecular flexibility index (Phi) is 7.95. The van der Waals surface area contributed by atoms with E-state index in [4.69, 9.17) is 14.5 Å². The van der Waals surface area contributed by atoms with Crippen molar-refractivity contribution in [1.82, 2.24) is 15.2 Å². The van der Waals surface area contributed by atoms with E-state index in [1.165, 1.54) is 12.8 Å². The van der Waals surface area contributed by atoms with Gasteiger partial charge in [-0.3, -0.25) is 0 Å². The van der Waals surface area contributed by atoms with E-state index in [-0.39, 0.29) is 0 Å². The summed E-state index contributed by atoms with van der Waals surface area (Å²) in [4.78, 5) is 11.5. The molecule has 0 aromatic carbocycles. The molecule has 1 saturated heterocycles. The second-order valence-corrected chi connectivity index (χ2v) is 8.28. The number of nitrogens with one attached hydrogen (secondary N) is 1. The summed E-state index contributed by atoms with van der Waals surface area (Å²) in [5.74, 6) is 3.09. The van der Waals surface area contributed by atoms with Gasteiger partial charge in [0.15, 0.2) is 5.96 Å². The van der Waals surface area contributed by atoms with Gasteiger partial charge in [0.1, 0.15) is 6.10 Å². The highest BCUT2D eigenvalue weighted by molar-refractivity contribution is 5.79. The molecule has 1 aliphatic carbocycles. The first kappa shape index (κ1) is 20.9. The number of aromatic nitrogens is 1. The molecule has 1 aromatic heterocycles. The van der Waals surface area contributed by atoms with Crippen molar-refractivity contribution < 1.29 is 9.47 Å². The van der Waals surface area contributed by atoms with Crippen LogP contribution in [0.2, 0.25) is 0 Å². The zero-order chi connectivity index (χ0) is 19.8. The Morgan fingerprint density at radius 3 is 2.86 bits per heavy atom. The number of aliphatic imine (C=N–C) groups is 1. The normalized spacial score (nSPS) is 25.5. The molecule has 2 heterocycles. The van der Waals surface area contributed by atoms with E-state index in [1.54, 1.807) is 0 Å². The number of hydrogen-bond donors (Lipinski definition) is 1. The van der Waals surface area contributed by atoms with E-state index in [0.717, 1.165) is 68.9 Å². The van der Waals surface area contributed by atoms with Gasteiger partial charge < -0.3 is 19.7 Å². The Hall–Kier alpha value is -1.82. The van der Waals surface area contributed by atoms with Gasteiger partial charge in [-0.05, 0) is 56.6 Å². The average molecular weight is 389 g/mol. The van der Waals surface area contributed by atoms with Gasteiger partial charge in [-0.2, -0.15) is 0 Å². The number of guanidine groups is 1. The highest BCUT2D eigenvalue weighted by atomic mass is 16.5. The predicted molar refractivity (Wildman–Crippen MR) is 113 cm³/mol. The minimum absolute atomic E-state index is 0.305. The largest absolute Gasteiger partial charge is 0.474 e. The van der Waals surface area contributed by atoms with Crippen molar-refractivity contribution in [2.45, 2.75) is 58.6 Å². The number of rotatable bonds is 7. The number of nitrogens with zero attached hydrogens (tertiary/aromatic N) is 3. The lowest BCUT2D eigenvalue weighted by Gasteiger charge is -2.26. The van der Waals surface area contributed by atoms with E-state index < -0.39 is 0 Å². The summed E-state index contributed by atoms with van der Waals surface area (Å²) in [7, 11) is 2.10. The fraction of sp³-hybridized carbons (Fsp3) is 0.727. The van der Waals surface area contributed by atoms with Crippen LogP contribution in [0.3, 0.4) is 0 Å². The first-order valence-electron chi connectivity index (χ1n) is 10.8. The third-order valence-corrected chi connectivity index (χ3v) is 5.71. The summed E-state index contributed by atoms with van der Waals surface area (Å²) < 4.78 is 11.6. The molecular weight excluding hydrogens is 352 g/mol. The maximum absolute atomic E-state index is 6.14. The fourth-order valence-corrected chi connectivity index (χ4v) is 3.97. The SMILES string of the molecule is CCNC(=NCc1ccnc(OC2CCC(C)CC2)c1)N(C)CC1CCOC1. The van der Waals surface area contributed by atoms with Crippen LogP contribution in [0.4, 0.5) is 0 Å².